The van der Waals surface area contributed by atoms with Crippen LogP contribution in [0.2, 0.25) is 0 Å². The molecule has 2 saturated heterocycles. The normalized spacial score (nSPS) is 25.4. The number of hydrogen-bond donors (Lipinski definition) is 1. The molecule has 18 heavy (non-hydrogen) atoms. The average molecular weight is 276 g/mol. The molecule has 2 fully saturated rings. The SMILES string of the molecule is Cl.NCC1CCCCN1CCN1C(=O)CCC1=O. The number of imide groups is 1. The smallest absolute Gasteiger partial charge is 0.229 e. The molecule has 0 radical (unpaired) electrons. The molecule has 0 aromatic rings. The molecule has 1 atom stereocenters. The molecule has 104 valence electrons. The van der Waals surface area contributed by atoms with Crippen LogP contribution >= 0.6 is 12.4 Å². The molecule has 0 saturated carbocycles. The quantitative estimate of drug-likeness (QED) is 0.753. The monoisotopic (exact) mass is 275 g/mol. The Morgan fingerprint density at radius 2 is 1.78 bits per heavy atom. The van der Waals surface area contributed by atoms with E-state index in [2.05, 4.69) is 4.90 Å². The van der Waals surface area contributed by atoms with Gasteiger partial charge in [-0.15, -0.1) is 12.4 Å². The van der Waals surface area contributed by atoms with E-state index in [0.717, 1.165) is 19.5 Å². The van der Waals surface area contributed by atoms with E-state index in [9.17, 15) is 9.59 Å². The molecule has 1 unspecified atom stereocenters. The van der Waals surface area contributed by atoms with E-state index in [1.165, 1.54) is 17.7 Å². The van der Waals surface area contributed by atoms with Gasteiger partial charge < -0.3 is 5.73 Å². The van der Waals surface area contributed by atoms with Crippen LogP contribution in [0.25, 0.3) is 0 Å². The van der Waals surface area contributed by atoms with Crippen molar-refractivity contribution in [1.82, 2.24) is 9.80 Å². The highest BCUT2D eigenvalue weighted by Gasteiger charge is 2.30. The summed E-state index contributed by atoms with van der Waals surface area (Å²) < 4.78 is 0. The first kappa shape index (κ1) is 15.4. The van der Waals surface area contributed by atoms with Gasteiger partial charge in [0.05, 0.1) is 0 Å². The minimum absolute atomic E-state index is 0. The van der Waals surface area contributed by atoms with Crippen molar-refractivity contribution in [3.05, 3.63) is 0 Å². The number of halogens is 1. The van der Waals surface area contributed by atoms with Gasteiger partial charge in [0.2, 0.25) is 11.8 Å². The number of nitrogens with zero attached hydrogens (tertiary/aromatic N) is 2. The Morgan fingerprint density at radius 1 is 1.11 bits per heavy atom. The first-order chi connectivity index (χ1) is 8.22. The molecule has 2 N–H and O–H groups in total. The molecule has 0 bridgehead atoms. The Bertz CT molecular complexity index is 296. The average Bonchev–Trinajstić information content (AvgIpc) is 2.67. The summed E-state index contributed by atoms with van der Waals surface area (Å²) in [7, 11) is 0. The second kappa shape index (κ2) is 7.07. The summed E-state index contributed by atoms with van der Waals surface area (Å²) in [6.45, 7) is 3.02. The van der Waals surface area contributed by atoms with Gasteiger partial charge in [-0.1, -0.05) is 6.42 Å². The third kappa shape index (κ3) is 3.43. The van der Waals surface area contributed by atoms with Gasteiger partial charge in [0.15, 0.2) is 0 Å². The van der Waals surface area contributed by atoms with Gasteiger partial charge in [-0.05, 0) is 19.4 Å². The number of likely N-dealkylation sites (tertiary alicyclic amines) is 2. The maximum Gasteiger partial charge on any atom is 0.229 e. The summed E-state index contributed by atoms with van der Waals surface area (Å²) in [5.74, 6) is -0.0346. The largest absolute Gasteiger partial charge is 0.329 e. The number of hydrogen-bond acceptors (Lipinski definition) is 4. The van der Waals surface area contributed by atoms with Crippen LogP contribution in [0.1, 0.15) is 32.1 Å². The predicted molar refractivity (Wildman–Crippen MR) is 71.5 cm³/mol. The number of amides is 2. The van der Waals surface area contributed by atoms with Crippen LogP contribution in [0, 0.1) is 0 Å². The van der Waals surface area contributed by atoms with Crippen molar-refractivity contribution in [1.29, 1.82) is 0 Å². The number of carbonyl (C=O) groups excluding carboxylic acids is 2. The molecular formula is C12H22ClN3O2. The van der Waals surface area contributed by atoms with Gasteiger partial charge >= 0.3 is 0 Å². The van der Waals surface area contributed by atoms with Crippen molar-refractivity contribution in [2.24, 2.45) is 5.73 Å². The molecule has 2 heterocycles. The van der Waals surface area contributed by atoms with Gasteiger partial charge in [-0.2, -0.15) is 0 Å². The fraction of sp³-hybridized carbons (Fsp3) is 0.833. The third-order valence-corrected chi connectivity index (χ3v) is 3.79. The fourth-order valence-corrected chi connectivity index (χ4v) is 2.72. The van der Waals surface area contributed by atoms with Crippen LogP contribution in [-0.2, 0) is 9.59 Å². The Morgan fingerprint density at radius 3 is 2.39 bits per heavy atom. The molecule has 2 aliphatic rings. The Kier molecular flexibility index (Phi) is 6.05. The van der Waals surface area contributed by atoms with E-state index in [4.69, 9.17) is 5.73 Å². The topological polar surface area (TPSA) is 66.6 Å². The van der Waals surface area contributed by atoms with Crippen LogP contribution in [0.5, 0.6) is 0 Å². The van der Waals surface area contributed by atoms with Crippen molar-refractivity contribution >= 4 is 24.2 Å². The van der Waals surface area contributed by atoms with Crippen molar-refractivity contribution < 1.29 is 9.59 Å². The zero-order chi connectivity index (χ0) is 12.3. The van der Waals surface area contributed by atoms with E-state index in [1.54, 1.807) is 0 Å². The summed E-state index contributed by atoms with van der Waals surface area (Å²) in [6.07, 6.45) is 4.34. The van der Waals surface area contributed by atoms with E-state index >= 15 is 0 Å². The second-order valence-electron chi connectivity index (χ2n) is 4.86. The number of nitrogens with two attached hydrogens (primary N) is 1. The van der Waals surface area contributed by atoms with Gasteiger partial charge in [-0.25, -0.2) is 0 Å². The molecule has 5 nitrogen and oxygen atoms in total. The van der Waals surface area contributed by atoms with Crippen molar-refractivity contribution in [3.8, 4) is 0 Å². The lowest BCUT2D eigenvalue weighted by molar-refractivity contribution is -0.138. The lowest BCUT2D eigenvalue weighted by atomic mass is 10.0. The second-order valence-corrected chi connectivity index (χ2v) is 4.86. The maximum atomic E-state index is 11.5. The minimum atomic E-state index is -0.0173. The van der Waals surface area contributed by atoms with Gasteiger partial charge in [0.25, 0.3) is 0 Å². The summed E-state index contributed by atoms with van der Waals surface area (Å²) in [5, 5.41) is 0. The molecule has 2 rings (SSSR count). The summed E-state index contributed by atoms with van der Waals surface area (Å²) in [5.41, 5.74) is 5.74. The van der Waals surface area contributed by atoms with Crippen LogP contribution in [0.3, 0.4) is 0 Å². The first-order valence-corrected chi connectivity index (χ1v) is 6.49. The molecule has 0 aromatic carbocycles. The highest BCUT2D eigenvalue weighted by atomic mass is 35.5. The number of rotatable bonds is 4. The predicted octanol–water partition coefficient (Wildman–Crippen LogP) is 0.370. The van der Waals surface area contributed by atoms with Crippen LogP contribution in [0.15, 0.2) is 0 Å². The first-order valence-electron chi connectivity index (χ1n) is 6.49. The number of carbonyl (C=O) groups is 2. The van der Waals surface area contributed by atoms with Gasteiger partial charge in [0, 0.05) is 38.5 Å². The van der Waals surface area contributed by atoms with Crippen LogP contribution in [0.4, 0.5) is 0 Å². The zero-order valence-electron chi connectivity index (χ0n) is 10.6. The van der Waals surface area contributed by atoms with Crippen LogP contribution < -0.4 is 5.73 Å². The van der Waals surface area contributed by atoms with Crippen molar-refractivity contribution in [3.63, 3.8) is 0 Å². The lowest BCUT2D eigenvalue weighted by Crippen LogP contribution is -2.47. The molecule has 2 amide bonds. The highest BCUT2D eigenvalue weighted by molar-refractivity contribution is 6.01. The Labute approximate surface area is 114 Å². The maximum absolute atomic E-state index is 11.5. The zero-order valence-corrected chi connectivity index (χ0v) is 11.5. The fourth-order valence-electron chi connectivity index (χ4n) is 2.72. The molecule has 0 aliphatic carbocycles. The standard InChI is InChI=1S/C12H21N3O2.ClH/c13-9-10-3-1-2-6-14(10)7-8-15-11(16)4-5-12(15)17;/h10H,1-9,13H2;1H. The highest BCUT2D eigenvalue weighted by Crippen LogP contribution is 2.17. The van der Waals surface area contributed by atoms with E-state index in [-0.39, 0.29) is 24.2 Å². The van der Waals surface area contributed by atoms with Crippen molar-refractivity contribution in [2.45, 2.75) is 38.1 Å². The molecule has 0 aromatic heterocycles. The van der Waals surface area contributed by atoms with Crippen molar-refractivity contribution in [2.75, 3.05) is 26.2 Å². The molecular weight excluding hydrogens is 254 g/mol. The van der Waals surface area contributed by atoms with Crippen LogP contribution in [-0.4, -0.2) is 53.8 Å². The summed E-state index contributed by atoms with van der Waals surface area (Å²) >= 11 is 0. The van der Waals surface area contributed by atoms with E-state index < -0.39 is 0 Å². The Hall–Kier alpha value is -0.650. The molecule has 6 heteroatoms. The van der Waals surface area contributed by atoms with E-state index in [1.807, 2.05) is 0 Å². The third-order valence-electron chi connectivity index (χ3n) is 3.79. The van der Waals surface area contributed by atoms with Gasteiger partial charge in [-0.3, -0.25) is 19.4 Å². The Balaban J connectivity index is 0.00000162. The van der Waals surface area contributed by atoms with E-state index in [0.29, 0.717) is 32.0 Å². The number of piperidine rings is 1. The van der Waals surface area contributed by atoms with Gasteiger partial charge in [0.1, 0.15) is 0 Å². The summed E-state index contributed by atoms with van der Waals surface area (Å²) in [4.78, 5) is 26.7. The molecule has 2 aliphatic heterocycles. The molecule has 0 spiro atoms. The summed E-state index contributed by atoms with van der Waals surface area (Å²) in [6, 6.07) is 0.427. The lowest BCUT2D eigenvalue weighted by Gasteiger charge is -2.35. The minimum Gasteiger partial charge on any atom is -0.329 e.